The first-order chi connectivity index (χ1) is 14.6. The van der Waals surface area contributed by atoms with E-state index in [0.717, 1.165) is 0 Å². The van der Waals surface area contributed by atoms with Gasteiger partial charge in [-0.2, -0.15) is 0 Å². The lowest BCUT2D eigenvalue weighted by Gasteiger charge is -2.22. The molecule has 8 heteroatoms. The van der Waals surface area contributed by atoms with Gasteiger partial charge in [-0.15, -0.1) is 0 Å². The van der Waals surface area contributed by atoms with Crippen molar-refractivity contribution >= 4 is 11.8 Å². The monoisotopic (exact) mass is 412 g/mol. The lowest BCUT2D eigenvalue weighted by molar-refractivity contribution is 0.0718. The van der Waals surface area contributed by atoms with Crippen LogP contribution in [-0.4, -0.2) is 68.8 Å². The normalized spacial score (nSPS) is 15.5. The van der Waals surface area contributed by atoms with Gasteiger partial charge in [0.05, 0.1) is 14.2 Å². The number of hydrogen-bond acceptors (Lipinski definition) is 6. The van der Waals surface area contributed by atoms with Gasteiger partial charge in [0.1, 0.15) is 11.5 Å². The lowest BCUT2D eigenvalue weighted by atomic mass is 10.1. The molecule has 0 unspecified atom stereocenters. The highest BCUT2D eigenvalue weighted by Crippen LogP contribution is 2.33. The Balaban J connectivity index is 1.45. The summed E-state index contributed by atoms with van der Waals surface area (Å²) in [4.78, 5) is 29.5. The van der Waals surface area contributed by atoms with Gasteiger partial charge >= 0.3 is 0 Å². The highest BCUT2D eigenvalue weighted by atomic mass is 16.7. The summed E-state index contributed by atoms with van der Waals surface area (Å²) in [5, 5.41) is 0. The number of amides is 2. The molecule has 2 aromatic carbocycles. The van der Waals surface area contributed by atoms with E-state index in [-0.39, 0.29) is 18.6 Å². The summed E-state index contributed by atoms with van der Waals surface area (Å²) < 4.78 is 21.2. The minimum atomic E-state index is -0.107. The Morgan fingerprint density at radius 1 is 0.767 bits per heavy atom. The molecule has 2 aliphatic heterocycles. The van der Waals surface area contributed by atoms with E-state index in [1.165, 1.54) is 0 Å². The zero-order valence-electron chi connectivity index (χ0n) is 17.1. The third-order valence-electron chi connectivity index (χ3n) is 5.29. The van der Waals surface area contributed by atoms with Crippen LogP contribution < -0.4 is 18.9 Å². The number of fused-ring (bicyclic) bond motifs is 1. The number of carbonyl (C=O) groups is 2. The first-order valence-electron chi connectivity index (χ1n) is 9.80. The smallest absolute Gasteiger partial charge is 0.254 e. The van der Waals surface area contributed by atoms with E-state index < -0.39 is 0 Å². The van der Waals surface area contributed by atoms with Crippen LogP contribution in [0.5, 0.6) is 23.0 Å². The van der Waals surface area contributed by atoms with Crippen molar-refractivity contribution in [1.29, 1.82) is 0 Å². The van der Waals surface area contributed by atoms with E-state index >= 15 is 0 Å². The minimum Gasteiger partial charge on any atom is -0.497 e. The lowest BCUT2D eigenvalue weighted by Crippen LogP contribution is -2.37. The van der Waals surface area contributed by atoms with E-state index in [2.05, 4.69) is 0 Å². The molecule has 2 aromatic rings. The predicted octanol–water partition coefficient (Wildman–Crippen LogP) is 2.42. The molecule has 0 N–H and O–H groups in total. The molecule has 158 valence electrons. The van der Waals surface area contributed by atoms with Crippen molar-refractivity contribution in [3.63, 3.8) is 0 Å². The summed E-state index contributed by atoms with van der Waals surface area (Å²) in [6.45, 7) is 2.24. The topological polar surface area (TPSA) is 77.5 Å². The van der Waals surface area contributed by atoms with E-state index in [4.69, 9.17) is 18.9 Å². The van der Waals surface area contributed by atoms with Crippen LogP contribution >= 0.6 is 0 Å². The second kappa shape index (κ2) is 8.52. The van der Waals surface area contributed by atoms with Crippen LogP contribution in [0, 0.1) is 0 Å². The standard InChI is InChI=1S/C22H24N2O6/c1-27-17-10-16(11-18(13-17)28-2)22(26)24-7-3-6-23(8-9-24)21(25)15-4-5-19-20(12-15)30-14-29-19/h4-5,10-13H,3,6-9,14H2,1-2H3. The SMILES string of the molecule is COc1cc(OC)cc(C(=O)N2CCCN(C(=O)c3ccc4c(c3)OCO4)CC2)c1. The highest BCUT2D eigenvalue weighted by Gasteiger charge is 2.25. The molecule has 8 nitrogen and oxygen atoms in total. The fourth-order valence-electron chi connectivity index (χ4n) is 3.65. The molecule has 0 spiro atoms. The van der Waals surface area contributed by atoms with Gasteiger partial charge < -0.3 is 28.7 Å². The molecule has 2 amide bonds. The fourth-order valence-corrected chi connectivity index (χ4v) is 3.65. The van der Waals surface area contributed by atoms with Crippen LogP contribution in [-0.2, 0) is 0 Å². The van der Waals surface area contributed by atoms with Gasteiger partial charge in [0.15, 0.2) is 11.5 Å². The predicted molar refractivity (Wildman–Crippen MR) is 109 cm³/mol. The molecule has 0 saturated carbocycles. The first kappa shape index (κ1) is 19.9. The van der Waals surface area contributed by atoms with Gasteiger partial charge in [0, 0.05) is 43.4 Å². The average molecular weight is 412 g/mol. The van der Waals surface area contributed by atoms with Gasteiger partial charge in [-0.3, -0.25) is 9.59 Å². The Morgan fingerprint density at radius 2 is 1.37 bits per heavy atom. The number of rotatable bonds is 4. The molecule has 0 atom stereocenters. The van der Waals surface area contributed by atoms with Crippen molar-refractivity contribution in [1.82, 2.24) is 9.80 Å². The Labute approximate surface area is 174 Å². The van der Waals surface area contributed by atoms with Gasteiger partial charge in [-0.05, 0) is 36.8 Å². The number of methoxy groups -OCH3 is 2. The highest BCUT2D eigenvalue weighted by molar-refractivity contribution is 5.96. The van der Waals surface area contributed by atoms with Gasteiger partial charge in [0.2, 0.25) is 6.79 Å². The van der Waals surface area contributed by atoms with Crippen LogP contribution in [0.1, 0.15) is 27.1 Å². The van der Waals surface area contributed by atoms with Crippen LogP contribution in [0.4, 0.5) is 0 Å². The van der Waals surface area contributed by atoms with Crippen molar-refractivity contribution < 1.29 is 28.5 Å². The maximum absolute atomic E-state index is 13.0. The summed E-state index contributed by atoms with van der Waals surface area (Å²) >= 11 is 0. The third kappa shape index (κ3) is 3.98. The minimum absolute atomic E-state index is 0.0781. The molecule has 0 aliphatic carbocycles. The number of ether oxygens (including phenoxy) is 4. The van der Waals surface area contributed by atoms with Crippen molar-refractivity contribution in [3.8, 4) is 23.0 Å². The Kier molecular flexibility index (Phi) is 5.65. The zero-order chi connectivity index (χ0) is 21.1. The Morgan fingerprint density at radius 3 is 2.00 bits per heavy atom. The van der Waals surface area contributed by atoms with Crippen LogP contribution in [0.25, 0.3) is 0 Å². The van der Waals surface area contributed by atoms with E-state index in [0.29, 0.717) is 66.7 Å². The van der Waals surface area contributed by atoms with Crippen molar-refractivity contribution in [3.05, 3.63) is 47.5 Å². The average Bonchev–Trinajstić information content (AvgIpc) is 3.12. The van der Waals surface area contributed by atoms with Gasteiger partial charge in [0.25, 0.3) is 11.8 Å². The Bertz CT molecular complexity index is 938. The molecule has 2 aliphatic rings. The van der Waals surface area contributed by atoms with Gasteiger partial charge in [-0.25, -0.2) is 0 Å². The zero-order valence-corrected chi connectivity index (χ0v) is 17.1. The molecular weight excluding hydrogens is 388 g/mol. The number of carbonyl (C=O) groups excluding carboxylic acids is 2. The molecule has 0 radical (unpaired) electrons. The number of benzene rings is 2. The van der Waals surface area contributed by atoms with E-state index in [9.17, 15) is 9.59 Å². The van der Waals surface area contributed by atoms with Crippen molar-refractivity contribution in [2.24, 2.45) is 0 Å². The van der Waals surface area contributed by atoms with Crippen molar-refractivity contribution in [2.75, 3.05) is 47.2 Å². The molecule has 30 heavy (non-hydrogen) atoms. The second-order valence-corrected chi connectivity index (χ2v) is 7.11. The molecule has 1 fully saturated rings. The maximum Gasteiger partial charge on any atom is 0.254 e. The molecular formula is C22H24N2O6. The van der Waals surface area contributed by atoms with Gasteiger partial charge in [-0.1, -0.05) is 0 Å². The van der Waals surface area contributed by atoms with E-state index in [1.807, 2.05) is 0 Å². The summed E-state index contributed by atoms with van der Waals surface area (Å²) in [7, 11) is 3.10. The molecule has 2 heterocycles. The third-order valence-corrected chi connectivity index (χ3v) is 5.29. The summed E-state index contributed by atoms with van der Waals surface area (Å²) in [6.07, 6.45) is 0.698. The van der Waals surface area contributed by atoms with Crippen molar-refractivity contribution in [2.45, 2.75) is 6.42 Å². The Hall–Kier alpha value is -3.42. The number of hydrogen-bond donors (Lipinski definition) is 0. The van der Waals surface area contributed by atoms with Crippen LogP contribution in [0.2, 0.25) is 0 Å². The summed E-state index contributed by atoms with van der Waals surface area (Å²) in [5.74, 6) is 2.17. The largest absolute Gasteiger partial charge is 0.497 e. The fraction of sp³-hybridized carbons (Fsp3) is 0.364. The first-order valence-corrected chi connectivity index (χ1v) is 9.80. The number of nitrogens with zero attached hydrogens (tertiary/aromatic N) is 2. The quantitative estimate of drug-likeness (QED) is 0.768. The van der Waals surface area contributed by atoms with Crippen LogP contribution in [0.15, 0.2) is 36.4 Å². The maximum atomic E-state index is 13.0. The molecule has 4 rings (SSSR count). The summed E-state index contributed by atoms with van der Waals surface area (Å²) in [6, 6.07) is 10.3. The second-order valence-electron chi connectivity index (χ2n) is 7.11. The molecule has 0 aromatic heterocycles. The van der Waals surface area contributed by atoms with E-state index in [1.54, 1.807) is 60.4 Å². The molecule has 1 saturated heterocycles. The van der Waals surface area contributed by atoms with Crippen LogP contribution in [0.3, 0.4) is 0 Å². The summed E-state index contributed by atoms with van der Waals surface area (Å²) in [5.41, 5.74) is 1.05. The molecule has 0 bridgehead atoms.